The molecule has 2 N–H and O–H groups in total. The fraction of sp³-hybridized carbons (Fsp3) is 0.421. The molecule has 1 aromatic carbocycles. The molecule has 0 bridgehead atoms. The predicted molar refractivity (Wildman–Crippen MR) is 96.6 cm³/mol. The number of hydrogen-bond acceptors (Lipinski definition) is 6. The fourth-order valence-electron chi connectivity index (χ4n) is 2.17. The lowest BCUT2D eigenvalue weighted by atomic mass is 10.1. The summed E-state index contributed by atoms with van der Waals surface area (Å²) in [6.07, 6.45) is 4.00. The lowest BCUT2D eigenvalue weighted by Crippen LogP contribution is -2.33. The molecule has 140 valence electrons. The zero-order valence-corrected chi connectivity index (χ0v) is 15.3. The molecule has 1 heterocycles. The van der Waals surface area contributed by atoms with Crippen LogP contribution in [0.15, 0.2) is 43.0 Å². The second-order valence-corrected chi connectivity index (χ2v) is 6.84. The van der Waals surface area contributed by atoms with E-state index in [1.54, 1.807) is 39.2 Å². The van der Waals surface area contributed by atoms with E-state index in [2.05, 4.69) is 15.3 Å². The van der Waals surface area contributed by atoms with Crippen molar-refractivity contribution < 1.29 is 19.4 Å². The summed E-state index contributed by atoms with van der Waals surface area (Å²) in [6.45, 7) is 6.06. The third-order valence-electron chi connectivity index (χ3n) is 3.35. The Morgan fingerprint density at radius 2 is 2.00 bits per heavy atom. The maximum absolute atomic E-state index is 11.6. The standard InChI is InChI=1S/C19H25N3O4/c1-19(2,3)26-18(24)22-8-7-17(23)15-5-4-6-16(9-15)25-12-14-10-20-13-21-11-14/h4-6,9-11,13,17,23H,7-8,12H2,1-3H3,(H,22,24)/t17-/m1/s1. The summed E-state index contributed by atoms with van der Waals surface area (Å²) in [4.78, 5) is 19.5. The van der Waals surface area contributed by atoms with Crippen LogP contribution in [0.25, 0.3) is 0 Å². The number of alkyl carbamates (subject to hydrolysis) is 1. The van der Waals surface area contributed by atoms with Crippen molar-refractivity contribution in [1.29, 1.82) is 0 Å². The Morgan fingerprint density at radius 3 is 2.69 bits per heavy atom. The highest BCUT2D eigenvalue weighted by molar-refractivity contribution is 5.67. The van der Waals surface area contributed by atoms with Gasteiger partial charge in [-0.1, -0.05) is 12.1 Å². The fourth-order valence-corrected chi connectivity index (χ4v) is 2.17. The second kappa shape index (κ2) is 9.15. The summed E-state index contributed by atoms with van der Waals surface area (Å²) >= 11 is 0. The van der Waals surface area contributed by atoms with Gasteiger partial charge in [0.25, 0.3) is 0 Å². The summed E-state index contributed by atoms with van der Waals surface area (Å²) in [5.74, 6) is 0.644. The molecule has 0 aliphatic heterocycles. The lowest BCUT2D eigenvalue weighted by molar-refractivity contribution is 0.0518. The van der Waals surface area contributed by atoms with Gasteiger partial charge in [-0.05, 0) is 44.9 Å². The normalized spacial score (nSPS) is 12.3. The molecule has 2 rings (SSSR count). The van der Waals surface area contributed by atoms with Gasteiger partial charge in [0, 0.05) is 24.5 Å². The first-order valence-electron chi connectivity index (χ1n) is 8.45. The van der Waals surface area contributed by atoms with Crippen molar-refractivity contribution >= 4 is 6.09 Å². The van der Waals surface area contributed by atoms with E-state index in [-0.39, 0.29) is 0 Å². The van der Waals surface area contributed by atoms with E-state index in [9.17, 15) is 9.90 Å². The summed E-state index contributed by atoms with van der Waals surface area (Å²) in [6, 6.07) is 7.23. The molecule has 7 nitrogen and oxygen atoms in total. The molecule has 0 saturated heterocycles. The topological polar surface area (TPSA) is 93.6 Å². The molecule has 0 unspecified atom stereocenters. The van der Waals surface area contributed by atoms with Crippen molar-refractivity contribution in [3.05, 3.63) is 54.1 Å². The zero-order chi connectivity index (χ0) is 19.0. The number of ether oxygens (including phenoxy) is 2. The third-order valence-corrected chi connectivity index (χ3v) is 3.35. The maximum Gasteiger partial charge on any atom is 0.407 e. The number of rotatable bonds is 7. The van der Waals surface area contributed by atoms with E-state index in [1.807, 2.05) is 18.2 Å². The van der Waals surface area contributed by atoms with E-state index in [4.69, 9.17) is 9.47 Å². The van der Waals surface area contributed by atoms with Crippen LogP contribution in [-0.2, 0) is 11.3 Å². The minimum atomic E-state index is -0.714. The van der Waals surface area contributed by atoms with Crippen molar-refractivity contribution in [1.82, 2.24) is 15.3 Å². The zero-order valence-electron chi connectivity index (χ0n) is 15.3. The van der Waals surface area contributed by atoms with Crippen molar-refractivity contribution in [3.63, 3.8) is 0 Å². The number of carbonyl (C=O) groups is 1. The van der Waals surface area contributed by atoms with Gasteiger partial charge < -0.3 is 19.9 Å². The van der Waals surface area contributed by atoms with Gasteiger partial charge in [0.1, 0.15) is 24.3 Å². The van der Waals surface area contributed by atoms with Crippen molar-refractivity contribution in [2.75, 3.05) is 6.54 Å². The van der Waals surface area contributed by atoms with Crippen LogP contribution in [0, 0.1) is 0 Å². The number of nitrogens with zero attached hydrogens (tertiary/aromatic N) is 2. The number of carbonyl (C=O) groups excluding carboxylic acids is 1. The Labute approximate surface area is 153 Å². The van der Waals surface area contributed by atoms with Gasteiger partial charge in [0.2, 0.25) is 0 Å². The van der Waals surface area contributed by atoms with E-state index in [0.717, 1.165) is 11.1 Å². The predicted octanol–water partition coefficient (Wildman–Crippen LogP) is 3.00. The number of amides is 1. The third kappa shape index (κ3) is 7.06. The molecule has 0 radical (unpaired) electrons. The maximum atomic E-state index is 11.6. The van der Waals surface area contributed by atoms with Crippen LogP contribution < -0.4 is 10.1 Å². The molecule has 0 spiro atoms. The summed E-state index contributed by atoms with van der Waals surface area (Å²) in [7, 11) is 0. The highest BCUT2D eigenvalue weighted by Crippen LogP contribution is 2.22. The van der Waals surface area contributed by atoms with Gasteiger partial charge in [-0.2, -0.15) is 0 Å². The van der Waals surface area contributed by atoms with Crippen LogP contribution in [0.3, 0.4) is 0 Å². The van der Waals surface area contributed by atoms with E-state index in [1.165, 1.54) is 6.33 Å². The Kier molecular flexibility index (Phi) is 6.91. The summed E-state index contributed by atoms with van der Waals surface area (Å²) in [5, 5.41) is 12.9. The number of aromatic nitrogens is 2. The molecule has 7 heteroatoms. The van der Waals surface area contributed by atoms with Gasteiger partial charge >= 0.3 is 6.09 Å². The number of nitrogens with one attached hydrogen (secondary N) is 1. The first-order valence-corrected chi connectivity index (χ1v) is 8.45. The van der Waals surface area contributed by atoms with Crippen LogP contribution >= 0.6 is 0 Å². The van der Waals surface area contributed by atoms with Crippen LogP contribution in [0.5, 0.6) is 5.75 Å². The van der Waals surface area contributed by atoms with Crippen LogP contribution in [0.2, 0.25) is 0 Å². The molecule has 1 amide bonds. The number of benzene rings is 1. The molecular weight excluding hydrogens is 334 g/mol. The quantitative estimate of drug-likeness (QED) is 0.789. The van der Waals surface area contributed by atoms with Gasteiger partial charge in [0.15, 0.2) is 0 Å². The smallest absolute Gasteiger partial charge is 0.407 e. The first-order chi connectivity index (χ1) is 12.3. The molecule has 0 fully saturated rings. The molecule has 0 saturated carbocycles. The van der Waals surface area contributed by atoms with E-state index >= 15 is 0 Å². The number of aliphatic hydroxyl groups is 1. The lowest BCUT2D eigenvalue weighted by Gasteiger charge is -2.20. The summed E-state index contributed by atoms with van der Waals surface area (Å²) in [5.41, 5.74) is 1.04. The minimum absolute atomic E-state index is 0.308. The molecule has 0 aliphatic rings. The summed E-state index contributed by atoms with van der Waals surface area (Å²) < 4.78 is 10.9. The monoisotopic (exact) mass is 359 g/mol. The van der Waals surface area contributed by atoms with Crippen LogP contribution in [0.1, 0.15) is 44.4 Å². The van der Waals surface area contributed by atoms with Gasteiger partial charge in [-0.25, -0.2) is 14.8 Å². The Bertz CT molecular complexity index is 701. The average molecular weight is 359 g/mol. The number of aliphatic hydroxyl groups excluding tert-OH is 1. The van der Waals surface area contributed by atoms with Crippen LogP contribution in [-0.4, -0.2) is 33.3 Å². The van der Waals surface area contributed by atoms with E-state index < -0.39 is 17.8 Å². The Balaban J connectivity index is 1.81. The van der Waals surface area contributed by atoms with E-state index in [0.29, 0.717) is 25.3 Å². The van der Waals surface area contributed by atoms with Crippen molar-refractivity contribution in [2.24, 2.45) is 0 Å². The highest BCUT2D eigenvalue weighted by Gasteiger charge is 2.16. The van der Waals surface area contributed by atoms with Gasteiger partial charge in [-0.3, -0.25) is 0 Å². The second-order valence-electron chi connectivity index (χ2n) is 6.84. The molecular formula is C19H25N3O4. The molecule has 26 heavy (non-hydrogen) atoms. The Hall–Kier alpha value is -2.67. The highest BCUT2D eigenvalue weighted by atomic mass is 16.6. The molecule has 1 aromatic heterocycles. The largest absolute Gasteiger partial charge is 0.489 e. The SMILES string of the molecule is CC(C)(C)OC(=O)NCC[C@@H](O)c1cccc(OCc2cncnc2)c1. The Morgan fingerprint density at radius 1 is 1.27 bits per heavy atom. The molecule has 0 aliphatic carbocycles. The number of hydrogen-bond donors (Lipinski definition) is 2. The minimum Gasteiger partial charge on any atom is -0.489 e. The molecule has 1 atom stereocenters. The first kappa shape index (κ1) is 19.7. The van der Waals surface area contributed by atoms with Gasteiger partial charge in [0.05, 0.1) is 6.10 Å². The van der Waals surface area contributed by atoms with Crippen LogP contribution in [0.4, 0.5) is 4.79 Å². The van der Waals surface area contributed by atoms with Crippen molar-refractivity contribution in [3.8, 4) is 5.75 Å². The molecule has 2 aromatic rings. The average Bonchev–Trinajstić information content (AvgIpc) is 2.59. The van der Waals surface area contributed by atoms with Crippen molar-refractivity contribution in [2.45, 2.75) is 45.5 Å². The van der Waals surface area contributed by atoms with Gasteiger partial charge in [-0.15, -0.1) is 0 Å².